The highest BCUT2D eigenvalue weighted by atomic mass is 35.5. The summed E-state index contributed by atoms with van der Waals surface area (Å²) < 4.78 is 45.4. The second-order valence-corrected chi connectivity index (χ2v) is 6.36. The Morgan fingerprint density at radius 3 is 2.45 bits per heavy atom. The van der Waals surface area contributed by atoms with Gasteiger partial charge in [-0.05, 0) is 42.0 Å². The lowest BCUT2D eigenvalue weighted by Crippen LogP contribution is -2.28. The summed E-state index contributed by atoms with van der Waals surface area (Å²) in [7, 11) is 0. The molecule has 1 amide bonds. The van der Waals surface area contributed by atoms with Gasteiger partial charge in [-0.25, -0.2) is 0 Å². The number of hydrogen-bond donors (Lipinski definition) is 2. The lowest BCUT2D eigenvalue weighted by Gasteiger charge is -2.13. The summed E-state index contributed by atoms with van der Waals surface area (Å²) in [5.41, 5.74) is 1.00. The molecule has 0 saturated carbocycles. The minimum absolute atomic E-state index is 0.0103. The molecule has 0 saturated heterocycles. The second kappa shape index (κ2) is 8.54. The van der Waals surface area contributed by atoms with Crippen molar-refractivity contribution in [2.75, 3.05) is 6.54 Å². The molecule has 0 aliphatic carbocycles. The van der Waals surface area contributed by atoms with E-state index in [0.29, 0.717) is 21.9 Å². The SMILES string of the molecule is O=C(NCC(O)c1ccc(OC(F)(F)F)cc1)c1cc(-c2ccc(Cl)cc2)on1. The molecule has 1 heterocycles. The maximum Gasteiger partial charge on any atom is 0.573 e. The third kappa shape index (κ3) is 5.72. The molecule has 2 N–H and O–H groups in total. The first-order valence-electron chi connectivity index (χ1n) is 8.26. The molecule has 6 nitrogen and oxygen atoms in total. The number of alkyl halides is 3. The molecule has 3 aromatic rings. The zero-order valence-electron chi connectivity index (χ0n) is 14.6. The number of carbonyl (C=O) groups excluding carboxylic acids is 1. The lowest BCUT2D eigenvalue weighted by atomic mass is 10.1. The number of aromatic nitrogens is 1. The average molecular weight is 427 g/mol. The molecule has 0 fully saturated rings. The molecule has 3 rings (SSSR count). The third-order valence-electron chi connectivity index (χ3n) is 3.83. The van der Waals surface area contributed by atoms with Crippen molar-refractivity contribution < 1.29 is 32.3 Å². The van der Waals surface area contributed by atoms with Gasteiger partial charge in [0.05, 0.1) is 6.10 Å². The smallest absolute Gasteiger partial charge is 0.406 e. The Morgan fingerprint density at radius 2 is 1.83 bits per heavy atom. The van der Waals surface area contributed by atoms with Crippen LogP contribution < -0.4 is 10.1 Å². The van der Waals surface area contributed by atoms with Crippen LogP contribution in [-0.2, 0) is 0 Å². The van der Waals surface area contributed by atoms with Crippen LogP contribution in [0.3, 0.4) is 0 Å². The van der Waals surface area contributed by atoms with Crippen molar-refractivity contribution in [2.45, 2.75) is 12.5 Å². The Kier molecular flexibility index (Phi) is 6.09. The van der Waals surface area contributed by atoms with E-state index in [4.69, 9.17) is 16.1 Å². The van der Waals surface area contributed by atoms with E-state index in [1.807, 2.05) is 0 Å². The monoisotopic (exact) mass is 426 g/mol. The molecule has 1 unspecified atom stereocenters. The Hall–Kier alpha value is -3.04. The van der Waals surface area contributed by atoms with Crippen LogP contribution in [0.4, 0.5) is 13.2 Å². The van der Waals surface area contributed by atoms with Gasteiger partial charge in [0.2, 0.25) is 0 Å². The van der Waals surface area contributed by atoms with Crippen LogP contribution in [0.2, 0.25) is 5.02 Å². The number of aliphatic hydroxyl groups excluding tert-OH is 1. The number of ether oxygens (including phenoxy) is 1. The largest absolute Gasteiger partial charge is 0.573 e. The van der Waals surface area contributed by atoms with Gasteiger partial charge in [-0.1, -0.05) is 28.9 Å². The van der Waals surface area contributed by atoms with Crippen molar-refractivity contribution in [2.24, 2.45) is 0 Å². The van der Waals surface area contributed by atoms with Gasteiger partial charge in [-0.15, -0.1) is 13.2 Å². The van der Waals surface area contributed by atoms with E-state index in [1.165, 1.54) is 18.2 Å². The standard InChI is InChI=1S/C19H14ClF3N2O4/c20-13-5-1-12(2-6-13)17-9-15(25-29-17)18(27)24-10-16(26)11-3-7-14(8-4-11)28-19(21,22)23/h1-9,16,26H,10H2,(H,24,27). The third-order valence-corrected chi connectivity index (χ3v) is 4.08. The molecule has 0 bridgehead atoms. The first-order chi connectivity index (χ1) is 13.7. The Labute approximate surface area is 167 Å². The number of aliphatic hydroxyl groups is 1. The highest BCUT2D eigenvalue weighted by molar-refractivity contribution is 6.30. The number of hydrogen-bond acceptors (Lipinski definition) is 5. The molecule has 0 radical (unpaired) electrons. The van der Waals surface area contributed by atoms with Crippen LogP contribution in [0.1, 0.15) is 22.2 Å². The molecule has 1 atom stereocenters. The van der Waals surface area contributed by atoms with Gasteiger partial charge in [-0.2, -0.15) is 0 Å². The summed E-state index contributed by atoms with van der Waals surface area (Å²) in [4.78, 5) is 12.2. The van der Waals surface area contributed by atoms with Crippen LogP contribution in [0.15, 0.2) is 59.1 Å². The van der Waals surface area contributed by atoms with E-state index in [0.717, 1.165) is 12.1 Å². The lowest BCUT2D eigenvalue weighted by molar-refractivity contribution is -0.274. The van der Waals surface area contributed by atoms with Gasteiger partial charge >= 0.3 is 6.36 Å². The summed E-state index contributed by atoms with van der Waals surface area (Å²) in [6, 6.07) is 12.9. The summed E-state index contributed by atoms with van der Waals surface area (Å²) in [5.74, 6) is -0.618. The van der Waals surface area contributed by atoms with E-state index < -0.39 is 24.1 Å². The molecule has 0 spiro atoms. The van der Waals surface area contributed by atoms with Gasteiger partial charge in [0, 0.05) is 23.2 Å². The number of carbonyl (C=O) groups is 1. The maximum absolute atomic E-state index is 12.2. The molecular weight excluding hydrogens is 413 g/mol. The topological polar surface area (TPSA) is 84.6 Å². The number of rotatable bonds is 6. The number of halogens is 4. The highest BCUT2D eigenvalue weighted by Gasteiger charge is 2.31. The summed E-state index contributed by atoms with van der Waals surface area (Å²) in [6.45, 7) is -0.179. The number of amides is 1. The minimum atomic E-state index is -4.80. The Bertz CT molecular complexity index is 972. The second-order valence-electron chi connectivity index (χ2n) is 5.93. The van der Waals surface area contributed by atoms with E-state index in [2.05, 4.69) is 15.2 Å². The van der Waals surface area contributed by atoms with Crippen molar-refractivity contribution >= 4 is 17.5 Å². The van der Waals surface area contributed by atoms with Crippen LogP contribution in [-0.4, -0.2) is 29.1 Å². The summed E-state index contributed by atoms with van der Waals surface area (Å²) >= 11 is 5.82. The zero-order valence-corrected chi connectivity index (χ0v) is 15.4. The fourth-order valence-corrected chi connectivity index (χ4v) is 2.55. The molecule has 29 heavy (non-hydrogen) atoms. The van der Waals surface area contributed by atoms with E-state index in [1.54, 1.807) is 24.3 Å². The van der Waals surface area contributed by atoms with E-state index >= 15 is 0 Å². The molecule has 10 heteroatoms. The zero-order chi connectivity index (χ0) is 21.0. The van der Waals surface area contributed by atoms with Crippen molar-refractivity contribution in [3.05, 3.63) is 70.9 Å². The predicted octanol–water partition coefficient (Wildman–Crippen LogP) is 4.36. The van der Waals surface area contributed by atoms with Crippen LogP contribution in [0, 0.1) is 0 Å². The van der Waals surface area contributed by atoms with Crippen molar-refractivity contribution in [1.29, 1.82) is 0 Å². The van der Waals surface area contributed by atoms with Crippen molar-refractivity contribution in [3.8, 4) is 17.1 Å². The van der Waals surface area contributed by atoms with Crippen LogP contribution in [0.25, 0.3) is 11.3 Å². The number of nitrogens with one attached hydrogen (secondary N) is 1. The first-order valence-corrected chi connectivity index (χ1v) is 8.64. The molecule has 152 valence electrons. The van der Waals surface area contributed by atoms with Gasteiger partial charge in [0.1, 0.15) is 5.75 Å². The van der Waals surface area contributed by atoms with E-state index in [-0.39, 0.29) is 12.2 Å². The Morgan fingerprint density at radius 1 is 1.17 bits per heavy atom. The summed E-state index contributed by atoms with van der Waals surface area (Å²) in [6.07, 6.45) is -5.93. The molecule has 1 aromatic heterocycles. The van der Waals surface area contributed by atoms with Crippen LogP contribution in [0.5, 0.6) is 5.75 Å². The fourth-order valence-electron chi connectivity index (χ4n) is 2.42. The first kappa shape index (κ1) is 20.7. The van der Waals surface area contributed by atoms with Gasteiger partial charge in [0.15, 0.2) is 11.5 Å². The average Bonchev–Trinajstić information content (AvgIpc) is 3.16. The predicted molar refractivity (Wildman–Crippen MR) is 97.4 cm³/mol. The maximum atomic E-state index is 12.2. The fraction of sp³-hybridized carbons (Fsp3) is 0.158. The molecule has 2 aromatic carbocycles. The van der Waals surface area contributed by atoms with Gasteiger partial charge < -0.3 is 19.7 Å². The number of nitrogens with zero attached hydrogens (tertiary/aromatic N) is 1. The van der Waals surface area contributed by atoms with Crippen molar-refractivity contribution in [1.82, 2.24) is 10.5 Å². The summed E-state index contributed by atoms with van der Waals surface area (Å²) in [5, 5.41) is 16.8. The molecule has 0 aliphatic heterocycles. The van der Waals surface area contributed by atoms with Gasteiger partial charge in [-0.3, -0.25) is 4.79 Å². The highest BCUT2D eigenvalue weighted by Crippen LogP contribution is 2.25. The minimum Gasteiger partial charge on any atom is -0.406 e. The molecular formula is C19H14ClF3N2O4. The Balaban J connectivity index is 1.57. The van der Waals surface area contributed by atoms with Crippen LogP contribution >= 0.6 is 11.6 Å². The quantitative estimate of drug-likeness (QED) is 0.612. The normalized spacial score (nSPS) is 12.4. The number of benzene rings is 2. The van der Waals surface area contributed by atoms with E-state index in [9.17, 15) is 23.1 Å². The molecule has 0 aliphatic rings. The van der Waals surface area contributed by atoms with Crippen molar-refractivity contribution in [3.63, 3.8) is 0 Å². The van der Waals surface area contributed by atoms with Gasteiger partial charge in [0.25, 0.3) is 5.91 Å².